The molecule has 0 aliphatic heterocycles. The van der Waals surface area contributed by atoms with E-state index in [0.717, 1.165) is 16.7 Å². The molecule has 17 heavy (non-hydrogen) atoms. The molecule has 0 heterocycles. The second-order valence-corrected chi connectivity index (χ2v) is 4.22. The van der Waals surface area contributed by atoms with Gasteiger partial charge in [0.2, 0.25) is 0 Å². The second kappa shape index (κ2) is 4.02. The Kier molecular flexibility index (Phi) is 2.37. The maximum absolute atomic E-state index is 11.7. The van der Waals surface area contributed by atoms with Crippen LogP contribution in [0.5, 0.6) is 0 Å². The molecule has 1 nitrogen and oxygen atoms in total. The molecule has 82 valence electrons. The van der Waals surface area contributed by atoms with E-state index in [4.69, 9.17) is 0 Å². The lowest BCUT2D eigenvalue weighted by Crippen LogP contribution is -2.09. The second-order valence-electron chi connectivity index (χ2n) is 4.22. The smallest absolute Gasteiger partial charge is 0.160 e. The van der Waals surface area contributed by atoms with Gasteiger partial charge in [-0.2, -0.15) is 0 Å². The molecule has 0 saturated heterocycles. The van der Waals surface area contributed by atoms with Gasteiger partial charge < -0.3 is 0 Å². The van der Waals surface area contributed by atoms with Crippen LogP contribution in [0.3, 0.4) is 0 Å². The summed E-state index contributed by atoms with van der Waals surface area (Å²) in [5, 5.41) is 0. The van der Waals surface area contributed by atoms with Gasteiger partial charge in [0.1, 0.15) is 0 Å². The minimum Gasteiger partial charge on any atom is -0.294 e. The molecule has 0 fully saturated rings. The van der Waals surface area contributed by atoms with E-state index >= 15 is 0 Å². The third-order valence-electron chi connectivity index (χ3n) is 3.06. The molecule has 2 aromatic carbocycles. The third-order valence-corrected chi connectivity index (χ3v) is 3.06. The van der Waals surface area contributed by atoms with E-state index in [1.165, 1.54) is 5.56 Å². The Hall–Kier alpha value is -2.15. The van der Waals surface area contributed by atoms with Crippen LogP contribution in [0, 0.1) is 0 Å². The minimum atomic E-state index is 0.183. The summed E-state index contributed by atoms with van der Waals surface area (Å²) in [6, 6.07) is 18.2. The number of hydrogen-bond acceptors (Lipinski definition) is 1. The van der Waals surface area contributed by atoms with Gasteiger partial charge in [-0.1, -0.05) is 54.6 Å². The van der Waals surface area contributed by atoms with Gasteiger partial charge >= 0.3 is 0 Å². The molecule has 0 radical (unpaired) electrons. The highest BCUT2D eigenvalue weighted by Crippen LogP contribution is 2.30. The lowest BCUT2D eigenvalue weighted by atomic mass is 9.86. The fourth-order valence-electron chi connectivity index (χ4n) is 2.27. The van der Waals surface area contributed by atoms with Crippen molar-refractivity contribution in [1.29, 1.82) is 0 Å². The number of carbonyl (C=O) groups is 1. The summed E-state index contributed by atoms with van der Waals surface area (Å²) in [6.45, 7) is 0. The zero-order valence-electron chi connectivity index (χ0n) is 9.39. The molecule has 0 unspecified atom stereocenters. The van der Waals surface area contributed by atoms with Crippen LogP contribution in [0.1, 0.15) is 16.7 Å². The maximum Gasteiger partial charge on any atom is 0.160 e. The quantitative estimate of drug-likeness (QED) is 0.721. The molecule has 0 aromatic heterocycles. The summed E-state index contributed by atoms with van der Waals surface area (Å²) in [5.41, 5.74) is 4.45. The predicted molar refractivity (Wildman–Crippen MR) is 68.7 cm³/mol. The number of allylic oxidation sites excluding steroid dienone is 1. The molecule has 0 amide bonds. The van der Waals surface area contributed by atoms with Gasteiger partial charge in [-0.3, -0.25) is 4.79 Å². The Morgan fingerprint density at radius 3 is 2.35 bits per heavy atom. The number of rotatable bonds is 1. The molecule has 0 atom stereocenters. The molecular weight excluding hydrogens is 208 g/mol. The highest BCUT2D eigenvalue weighted by atomic mass is 16.1. The average molecular weight is 220 g/mol. The van der Waals surface area contributed by atoms with Gasteiger partial charge in [0.05, 0.1) is 0 Å². The van der Waals surface area contributed by atoms with Crippen LogP contribution >= 0.6 is 0 Å². The molecule has 3 rings (SSSR count). The van der Waals surface area contributed by atoms with Crippen molar-refractivity contribution in [2.24, 2.45) is 0 Å². The lowest BCUT2D eigenvalue weighted by Gasteiger charge is -2.17. The molecule has 2 aromatic rings. The number of ketones is 1. The molecule has 1 aliphatic rings. The van der Waals surface area contributed by atoms with Crippen molar-refractivity contribution < 1.29 is 4.79 Å². The van der Waals surface area contributed by atoms with Crippen molar-refractivity contribution in [3.8, 4) is 0 Å². The van der Waals surface area contributed by atoms with Gasteiger partial charge in [0.25, 0.3) is 0 Å². The largest absolute Gasteiger partial charge is 0.294 e. The Labute approximate surface area is 100 Å². The van der Waals surface area contributed by atoms with E-state index in [1.54, 1.807) is 6.08 Å². The van der Waals surface area contributed by atoms with Crippen LogP contribution in [0.25, 0.3) is 5.57 Å². The molecule has 0 bridgehead atoms. The Balaban J connectivity index is 2.19. The van der Waals surface area contributed by atoms with Crippen LogP contribution in [-0.4, -0.2) is 5.78 Å². The first kappa shape index (κ1) is 10.0. The zero-order valence-corrected chi connectivity index (χ0v) is 9.39. The summed E-state index contributed by atoms with van der Waals surface area (Å²) in [6.07, 6.45) is 2.28. The standard InChI is InChI=1S/C16H12O/c17-14-10-13-8-4-5-9-15(13)16(11-14)12-6-2-1-3-7-12/h1-9,11H,10H2. The van der Waals surface area contributed by atoms with Gasteiger partial charge in [-0.05, 0) is 28.3 Å². The van der Waals surface area contributed by atoms with Crippen LogP contribution in [-0.2, 0) is 11.2 Å². The molecule has 0 saturated carbocycles. The third kappa shape index (κ3) is 1.80. The van der Waals surface area contributed by atoms with E-state index in [2.05, 4.69) is 6.07 Å². The van der Waals surface area contributed by atoms with Crippen molar-refractivity contribution >= 4 is 11.4 Å². The van der Waals surface area contributed by atoms with Crippen LogP contribution in [0.2, 0.25) is 0 Å². The summed E-state index contributed by atoms with van der Waals surface area (Å²) >= 11 is 0. The number of benzene rings is 2. The zero-order chi connectivity index (χ0) is 11.7. The normalized spacial score (nSPS) is 14.1. The van der Waals surface area contributed by atoms with Crippen LogP contribution in [0.4, 0.5) is 0 Å². The van der Waals surface area contributed by atoms with E-state index < -0.39 is 0 Å². The van der Waals surface area contributed by atoms with Gasteiger partial charge in [0.15, 0.2) is 5.78 Å². The van der Waals surface area contributed by atoms with Gasteiger partial charge in [0, 0.05) is 6.42 Å². The minimum absolute atomic E-state index is 0.183. The SMILES string of the molecule is O=C1C=C(c2ccccc2)c2ccccc2C1. The van der Waals surface area contributed by atoms with Crippen LogP contribution in [0.15, 0.2) is 60.7 Å². The monoisotopic (exact) mass is 220 g/mol. The summed E-state index contributed by atoms with van der Waals surface area (Å²) in [4.78, 5) is 11.7. The Morgan fingerprint density at radius 2 is 1.53 bits per heavy atom. The maximum atomic E-state index is 11.7. The summed E-state index contributed by atoms with van der Waals surface area (Å²) < 4.78 is 0. The first-order valence-electron chi connectivity index (χ1n) is 5.73. The lowest BCUT2D eigenvalue weighted by molar-refractivity contribution is -0.114. The Bertz CT molecular complexity index is 594. The molecule has 1 heteroatoms. The van der Waals surface area contributed by atoms with E-state index in [1.807, 2.05) is 48.5 Å². The van der Waals surface area contributed by atoms with Gasteiger partial charge in [-0.25, -0.2) is 0 Å². The first-order chi connectivity index (χ1) is 8.34. The molecular formula is C16H12O. The van der Waals surface area contributed by atoms with E-state index in [-0.39, 0.29) is 5.78 Å². The number of fused-ring (bicyclic) bond motifs is 1. The highest BCUT2D eigenvalue weighted by molar-refractivity contribution is 6.05. The van der Waals surface area contributed by atoms with Gasteiger partial charge in [-0.15, -0.1) is 0 Å². The van der Waals surface area contributed by atoms with Crippen molar-refractivity contribution in [3.05, 3.63) is 77.4 Å². The van der Waals surface area contributed by atoms with Crippen molar-refractivity contribution in [2.45, 2.75) is 6.42 Å². The molecule has 1 aliphatic carbocycles. The van der Waals surface area contributed by atoms with E-state index in [9.17, 15) is 4.79 Å². The van der Waals surface area contributed by atoms with E-state index in [0.29, 0.717) is 6.42 Å². The number of carbonyl (C=O) groups excluding carboxylic acids is 1. The average Bonchev–Trinajstić information content (AvgIpc) is 2.39. The van der Waals surface area contributed by atoms with Crippen molar-refractivity contribution in [3.63, 3.8) is 0 Å². The highest BCUT2D eigenvalue weighted by Gasteiger charge is 2.17. The Morgan fingerprint density at radius 1 is 0.824 bits per heavy atom. The molecule has 0 N–H and O–H groups in total. The number of hydrogen-bond donors (Lipinski definition) is 0. The molecule has 0 spiro atoms. The predicted octanol–water partition coefficient (Wildman–Crippen LogP) is 3.24. The summed E-state index contributed by atoms with van der Waals surface area (Å²) in [5.74, 6) is 0.183. The topological polar surface area (TPSA) is 17.1 Å². The summed E-state index contributed by atoms with van der Waals surface area (Å²) in [7, 11) is 0. The fraction of sp³-hybridized carbons (Fsp3) is 0.0625. The van der Waals surface area contributed by atoms with Crippen LogP contribution < -0.4 is 0 Å². The fourth-order valence-corrected chi connectivity index (χ4v) is 2.27. The van der Waals surface area contributed by atoms with Crippen molar-refractivity contribution in [2.75, 3.05) is 0 Å². The van der Waals surface area contributed by atoms with Crippen molar-refractivity contribution in [1.82, 2.24) is 0 Å². The first-order valence-corrected chi connectivity index (χ1v) is 5.73.